The van der Waals surface area contributed by atoms with E-state index in [2.05, 4.69) is 0 Å². The lowest BCUT2D eigenvalue weighted by atomic mass is 9.87. The summed E-state index contributed by atoms with van der Waals surface area (Å²) in [6.45, 7) is 3.76. The molecule has 0 amide bonds. The molecule has 0 saturated carbocycles. The van der Waals surface area contributed by atoms with Crippen LogP contribution in [0.5, 0.6) is 0 Å². The van der Waals surface area contributed by atoms with Crippen LogP contribution in [0.1, 0.15) is 30.6 Å². The summed E-state index contributed by atoms with van der Waals surface area (Å²) in [5.74, 6) is -0.618. The Bertz CT molecular complexity index is 389. The molecule has 0 heterocycles. The van der Waals surface area contributed by atoms with Gasteiger partial charge in [0.15, 0.2) is 5.78 Å². The molecule has 1 atom stereocenters. The Balaban J connectivity index is 3.15. The molecule has 1 rings (SSSR count). The number of hydrogen-bond donors (Lipinski definition) is 0. The zero-order valence-electron chi connectivity index (χ0n) is 10.2. The average Bonchev–Trinajstić information content (AvgIpc) is 2.27. The molecule has 3 heteroatoms. The van der Waals surface area contributed by atoms with E-state index in [-0.39, 0.29) is 11.3 Å². The number of halogens is 1. The molecule has 0 fully saturated rings. The number of likely N-dealkylation sites (N-methyl/N-ethyl adjacent to an activating group) is 1. The van der Waals surface area contributed by atoms with Crippen molar-refractivity contribution in [1.82, 2.24) is 4.90 Å². The first kappa shape index (κ1) is 12.8. The maximum atomic E-state index is 13.5. The van der Waals surface area contributed by atoms with Crippen LogP contribution in [-0.2, 0) is 0 Å². The molecule has 0 N–H and O–H groups in total. The van der Waals surface area contributed by atoms with Crippen molar-refractivity contribution >= 4 is 5.78 Å². The molecule has 0 radical (unpaired) electrons. The summed E-state index contributed by atoms with van der Waals surface area (Å²) >= 11 is 0. The van der Waals surface area contributed by atoms with Crippen LogP contribution in [-0.4, -0.2) is 30.3 Å². The highest BCUT2D eigenvalue weighted by atomic mass is 19.1. The molecule has 0 aliphatic carbocycles. The van der Waals surface area contributed by atoms with Gasteiger partial charge in [-0.05, 0) is 39.6 Å². The minimum Gasteiger partial charge on any atom is -0.297 e. The summed E-state index contributed by atoms with van der Waals surface area (Å²) in [6, 6.07) is 6.13. The first-order chi connectivity index (χ1) is 7.43. The van der Waals surface area contributed by atoms with Gasteiger partial charge in [0.25, 0.3) is 0 Å². The van der Waals surface area contributed by atoms with Crippen molar-refractivity contribution < 1.29 is 9.18 Å². The zero-order valence-corrected chi connectivity index (χ0v) is 10.2. The van der Waals surface area contributed by atoms with Gasteiger partial charge in [-0.2, -0.15) is 0 Å². The summed E-state index contributed by atoms with van der Waals surface area (Å²) in [7, 11) is 3.67. The Morgan fingerprint density at radius 2 is 1.94 bits per heavy atom. The van der Waals surface area contributed by atoms with E-state index in [1.807, 2.05) is 32.8 Å². The Hall–Kier alpha value is -1.22. The third-order valence-electron chi connectivity index (χ3n) is 3.28. The van der Waals surface area contributed by atoms with Gasteiger partial charge in [0.1, 0.15) is 5.82 Å². The molecule has 88 valence electrons. The Morgan fingerprint density at radius 1 is 1.38 bits per heavy atom. The van der Waals surface area contributed by atoms with E-state index in [9.17, 15) is 9.18 Å². The second kappa shape index (κ2) is 4.74. The van der Waals surface area contributed by atoms with Gasteiger partial charge in [-0.1, -0.05) is 19.1 Å². The highest BCUT2D eigenvalue weighted by Gasteiger charge is 2.35. The molecule has 16 heavy (non-hydrogen) atoms. The Morgan fingerprint density at radius 3 is 2.38 bits per heavy atom. The molecular formula is C13H18FNO. The van der Waals surface area contributed by atoms with Crippen molar-refractivity contribution in [2.45, 2.75) is 25.8 Å². The van der Waals surface area contributed by atoms with E-state index in [1.54, 1.807) is 12.1 Å². The highest BCUT2D eigenvalue weighted by molar-refractivity contribution is 6.03. The van der Waals surface area contributed by atoms with E-state index in [4.69, 9.17) is 0 Å². The predicted molar refractivity (Wildman–Crippen MR) is 63.1 cm³/mol. The number of ketones is 1. The summed E-state index contributed by atoms with van der Waals surface area (Å²) < 4.78 is 13.5. The fourth-order valence-electron chi connectivity index (χ4n) is 1.62. The normalized spacial score (nSPS) is 14.9. The van der Waals surface area contributed by atoms with Crippen LogP contribution in [0.25, 0.3) is 0 Å². The van der Waals surface area contributed by atoms with Gasteiger partial charge in [-0.15, -0.1) is 0 Å². The van der Waals surface area contributed by atoms with Gasteiger partial charge in [-0.3, -0.25) is 9.69 Å². The van der Waals surface area contributed by atoms with Crippen molar-refractivity contribution in [2.75, 3.05) is 14.1 Å². The number of nitrogens with zero attached hydrogens (tertiary/aromatic N) is 1. The first-order valence-electron chi connectivity index (χ1n) is 5.40. The van der Waals surface area contributed by atoms with Gasteiger partial charge in [0.05, 0.1) is 11.1 Å². The van der Waals surface area contributed by atoms with E-state index < -0.39 is 11.4 Å². The van der Waals surface area contributed by atoms with E-state index >= 15 is 0 Å². The van der Waals surface area contributed by atoms with Gasteiger partial charge in [-0.25, -0.2) is 4.39 Å². The van der Waals surface area contributed by atoms with Crippen LogP contribution >= 0.6 is 0 Å². The number of rotatable bonds is 4. The molecule has 0 spiro atoms. The second-order valence-corrected chi connectivity index (χ2v) is 4.33. The smallest absolute Gasteiger partial charge is 0.185 e. The third-order valence-corrected chi connectivity index (χ3v) is 3.28. The molecular weight excluding hydrogens is 205 g/mol. The Labute approximate surface area is 96.1 Å². The third kappa shape index (κ3) is 2.14. The molecule has 0 aliphatic heterocycles. The molecule has 0 saturated heterocycles. The van der Waals surface area contributed by atoms with Crippen molar-refractivity contribution in [3.63, 3.8) is 0 Å². The van der Waals surface area contributed by atoms with Gasteiger partial charge >= 0.3 is 0 Å². The fraction of sp³-hybridized carbons (Fsp3) is 0.462. The molecule has 1 aromatic carbocycles. The number of Topliss-reactive ketones (excluding diaryl/α,β-unsaturated/α-hetero) is 1. The predicted octanol–water partition coefficient (Wildman–Crippen LogP) is 2.74. The minimum absolute atomic E-state index is 0.167. The molecule has 0 bridgehead atoms. The van der Waals surface area contributed by atoms with Crippen molar-refractivity contribution in [3.05, 3.63) is 35.6 Å². The lowest BCUT2D eigenvalue weighted by Gasteiger charge is -2.34. The van der Waals surface area contributed by atoms with Crippen LogP contribution < -0.4 is 0 Å². The molecule has 0 aromatic heterocycles. The van der Waals surface area contributed by atoms with Crippen LogP contribution in [0.2, 0.25) is 0 Å². The van der Waals surface area contributed by atoms with Gasteiger partial charge < -0.3 is 0 Å². The standard InChI is InChI=1S/C13H18FNO/c1-5-13(2,15(3)4)12(16)10-8-6-7-9-11(10)14/h6-9H,5H2,1-4H3. The lowest BCUT2D eigenvalue weighted by molar-refractivity contribution is 0.0706. The van der Waals surface area contributed by atoms with Crippen LogP contribution in [0.15, 0.2) is 24.3 Å². The first-order valence-corrected chi connectivity index (χ1v) is 5.40. The summed E-state index contributed by atoms with van der Waals surface area (Å²) in [5.41, 5.74) is -0.483. The number of carbonyl (C=O) groups excluding carboxylic acids is 1. The Kier molecular flexibility index (Phi) is 3.81. The van der Waals surface area contributed by atoms with Gasteiger partial charge in [0, 0.05) is 0 Å². The summed E-state index contributed by atoms with van der Waals surface area (Å²) in [4.78, 5) is 14.1. The van der Waals surface area contributed by atoms with E-state index in [0.29, 0.717) is 6.42 Å². The number of hydrogen-bond acceptors (Lipinski definition) is 2. The van der Waals surface area contributed by atoms with Crippen molar-refractivity contribution in [1.29, 1.82) is 0 Å². The maximum Gasteiger partial charge on any atom is 0.185 e. The number of carbonyl (C=O) groups is 1. The minimum atomic E-state index is -0.651. The highest BCUT2D eigenvalue weighted by Crippen LogP contribution is 2.23. The molecule has 2 nitrogen and oxygen atoms in total. The SMILES string of the molecule is CCC(C)(C(=O)c1ccccc1F)N(C)C. The van der Waals surface area contributed by atoms with Gasteiger partial charge in [0.2, 0.25) is 0 Å². The van der Waals surface area contributed by atoms with Crippen LogP contribution in [0.3, 0.4) is 0 Å². The quantitative estimate of drug-likeness (QED) is 0.731. The summed E-state index contributed by atoms with van der Waals surface area (Å²) in [6.07, 6.45) is 0.646. The fourth-order valence-corrected chi connectivity index (χ4v) is 1.62. The molecule has 0 aliphatic rings. The average molecular weight is 223 g/mol. The second-order valence-electron chi connectivity index (χ2n) is 4.33. The van der Waals surface area contributed by atoms with E-state index in [0.717, 1.165) is 0 Å². The topological polar surface area (TPSA) is 20.3 Å². The molecule has 1 unspecified atom stereocenters. The monoisotopic (exact) mass is 223 g/mol. The van der Waals surface area contributed by atoms with E-state index in [1.165, 1.54) is 12.1 Å². The van der Waals surface area contributed by atoms with Crippen molar-refractivity contribution in [2.24, 2.45) is 0 Å². The number of benzene rings is 1. The van der Waals surface area contributed by atoms with Crippen LogP contribution in [0, 0.1) is 5.82 Å². The largest absolute Gasteiger partial charge is 0.297 e. The maximum absolute atomic E-state index is 13.5. The van der Waals surface area contributed by atoms with Crippen molar-refractivity contribution in [3.8, 4) is 0 Å². The summed E-state index contributed by atoms with van der Waals surface area (Å²) in [5, 5.41) is 0. The lowest BCUT2D eigenvalue weighted by Crippen LogP contribution is -2.48. The zero-order chi connectivity index (χ0) is 12.3. The molecule has 1 aromatic rings. The van der Waals surface area contributed by atoms with Crippen LogP contribution in [0.4, 0.5) is 4.39 Å².